The van der Waals surface area contributed by atoms with E-state index in [1.165, 1.54) is 0 Å². The lowest BCUT2D eigenvalue weighted by Crippen LogP contribution is -2.59. The van der Waals surface area contributed by atoms with E-state index < -0.39 is 36.6 Å². The van der Waals surface area contributed by atoms with E-state index in [0.717, 1.165) is 42.0 Å². The van der Waals surface area contributed by atoms with Crippen LogP contribution in [0.3, 0.4) is 0 Å². The Kier molecular flexibility index (Phi) is 15.3. The highest BCUT2D eigenvalue weighted by Gasteiger charge is 2.55. The summed E-state index contributed by atoms with van der Waals surface area (Å²) in [5, 5.41) is 9.37. The number of hydrogen-bond donors (Lipinski definition) is 0. The van der Waals surface area contributed by atoms with Crippen molar-refractivity contribution in [1.82, 2.24) is 19.9 Å². The van der Waals surface area contributed by atoms with E-state index in [4.69, 9.17) is 47.8 Å². The minimum Gasteiger partial charge on any atom is -0.497 e. The molecule has 0 bridgehead atoms. The first-order valence-corrected chi connectivity index (χ1v) is 24.0. The van der Waals surface area contributed by atoms with E-state index in [0.29, 0.717) is 43.7 Å². The maximum absolute atomic E-state index is 15.2. The van der Waals surface area contributed by atoms with Crippen molar-refractivity contribution in [2.45, 2.75) is 153 Å². The van der Waals surface area contributed by atoms with E-state index in [-0.39, 0.29) is 78.5 Å². The minimum atomic E-state index is -0.699. The Morgan fingerprint density at radius 1 is 0.815 bits per heavy atom. The topological polar surface area (TPSA) is 151 Å². The highest BCUT2D eigenvalue weighted by molar-refractivity contribution is 5.99. The first-order valence-electron chi connectivity index (χ1n) is 24.0. The number of carbonyl (C=O) groups is 2. The van der Waals surface area contributed by atoms with Gasteiger partial charge in [0, 0.05) is 56.4 Å². The summed E-state index contributed by atoms with van der Waals surface area (Å²) in [6.07, 6.45) is 8.98. The van der Waals surface area contributed by atoms with Gasteiger partial charge in [0.25, 0.3) is 0 Å². The smallest absolute Gasteiger partial charge is 0.306 e. The molecule has 65 heavy (non-hydrogen) atoms. The number of ether oxygens (including phenoxy) is 9. The van der Waals surface area contributed by atoms with E-state index in [1.54, 1.807) is 28.4 Å². The number of fused-ring (bicyclic) bond motifs is 5. The zero-order valence-corrected chi connectivity index (χ0v) is 40.0. The van der Waals surface area contributed by atoms with E-state index in [2.05, 4.69) is 50.1 Å². The number of nitrogens with zero attached hydrogens (tertiary/aromatic N) is 4. The summed E-state index contributed by atoms with van der Waals surface area (Å²) >= 11 is 0. The molecule has 0 radical (unpaired) electrons. The number of rotatable bonds is 12. The Morgan fingerprint density at radius 2 is 1.57 bits per heavy atom. The number of allylic oxidation sites excluding steroid dienone is 4. The van der Waals surface area contributed by atoms with Gasteiger partial charge < -0.3 is 47.5 Å². The Hall–Kier alpha value is -3.54. The minimum absolute atomic E-state index is 0.00232. The number of ketones is 1. The Balaban J connectivity index is 1.13. The van der Waals surface area contributed by atoms with Crippen LogP contribution in [0.15, 0.2) is 48.2 Å². The SMILES string of the molecule is CC[C@H]1CCC[C@H](O[C@H]2CC[C@H](N(C)C)C(C)O2)[C@@H](C)C(=O)C2=C[C@@H]3C(C=C(n4cc(-c5ccc(OC)cc5)nn4)[C@@H]4C[C@@H](O[C@@H]5OC(C)[C@H](OC)C(OC)[C@@H]5OC)C[C@@H]34)[C@@H]2CC(=O)O1. The number of hydrogen-bond acceptors (Lipinski definition) is 14. The number of likely N-dealkylation sites (N-methyl/N-ethyl adjacent to an activating group) is 1. The molecule has 0 amide bonds. The molecule has 4 fully saturated rings. The molecule has 1 aromatic heterocycles. The average molecular weight is 905 g/mol. The zero-order valence-electron chi connectivity index (χ0n) is 40.0. The lowest BCUT2D eigenvalue weighted by Gasteiger charge is -2.44. The van der Waals surface area contributed by atoms with Gasteiger partial charge in [0.05, 0.1) is 44.1 Å². The Morgan fingerprint density at radius 3 is 2.25 bits per heavy atom. The van der Waals surface area contributed by atoms with Gasteiger partial charge in [-0.25, -0.2) is 4.68 Å². The van der Waals surface area contributed by atoms with Gasteiger partial charge in [-0.3, -0.25) is 9.59 Å². The molecule has 2 aromatic rings. The van der Waals surface area contributed by atoms with Gasteiger partial charge in [-0.1, -0.05) is 31.2 Å². The molecular formula is C50H72N4O11. The van der Waals surface area contributed by atoms with Crippen molar-refractivity contribution in [3.63, 3.8) is 0 Å². The standard InChI is InChI=1S/C50H72N4O11/c1-11-31-13-12-14-43(65-45-20-19-41(53(5)6)28(3)61-45)27(2)46(56)39-23-35-34-21-33(64-50-49(60-10)48(59-9)47(58-8)29(4)62-50)22-38(34)42(24-36(35)37(39)25-44(55)63-31)54-26-40(51-52-54)30-15-17-32(57-7)18-16-30/h15-18,23-24,26-29,31,33-38,41,43,45,47-50H,11-14,19-22,25H2,1-10H3/t27-,28?,29?,31+,33+,34+,35+,36?,37+,38-,41+,43+,45+,47+,48?,49+,50+/m1/s1. The molecule has 3 aliphatic heterocycles. The lowest BCUT2D eigenvalue weighted by atomic mass is 9.69. The molecule has 358 valence electrons. The van der Waals surface area contributed by atoms with Crippen molar-refractivity contribution in [3.05, 3.63) is 48.2 Å². The van der Waals surface area contributed by atoms with Crippen molar-refractivity contribution in [2.75, 3.05) is 42.5 Å². The molecule has 3 saturated heterocycles. The van der Waals surface area contributed by atoms with Gasteiger partial charge >= 0.3 is 5.97 Å². The third-order valence-electron chi connectivity index (χ3n) is 15.5. The van der Waals surface area contributed by atoms with Crippen molar-refractivity contribution < 1.29 is 52.2 Å². The summed E-state index contributed by atoms with van der Waals surface area (Å²) in [6, 6.07) is 8.06. The molecule has 4 heterocycles. The molecule has 1 saturated carbocycles. The van der Waals surface area contributed by atoms with Crippen LogP contribution >= 0.6 is 0 Å². The fourth-order valence-electron chi connectivity index (χ4n) is 12.0. The van der Waals surface area contributed by atoms with Crippen molar-refractivity contribution in [2.24, 2.45) is 35.5 Å². The molecular weight excluding hydrogens is 833 g/mol. The Bertz CT molecular complexity index is 2010. The van der Waals surface area contributed by atoms with Gasteiger partial charge in [-0.2, -0.15) is 0 Å². The van der Waals surface area contributed by atoms with E-state index in [9.17, 15) is 4.79 Å². The average Bonchev–Trinajstić information content (AvgIpc) is 4.05. The van der Waals surface area contributed by atoms with Crippen LogP contribution < -0.4 is 4.74 Å². The number of benzene rings is 1. The second-order valence-electron chi connectivity index (χ2n) is 19.4. The largest absolute Gasteiger partial charge is 0.497 e. The maximum Gasteiger partial charge on any atom is 0.306 e. The second kappa shape index (κ2) is 20.8. The van der Waals surface area contributed by atoms with Gasteiger partial charge in [-0.05, 0) is 127 Å². The molecule has 1 aromatic carbocycles. The summed E-state index contributed by atoms with van der Waals surface area (Å²) < 4.78 is 57.9. The van der Waals surface area contributed by atoms with Crippen molar-refractivity contribution >= 4 is 17.4 Å². The zero-order chi connectivity index (χ0) is 46.1. The van der Waals surface area contributed by atoms with Crippen molar-refractivity contribution in [1.29, 1.82) is 0 Å². The van der Waals surface area contributed by atoms with Crippen molar-refractivity contribution in [3.8, 4) is 17.0 Å². The van der Waals surface area contributed by atoms with Crippen LogP contribution in [0.25, 0.3) is 17.0 Å². The van der Waals surface area contributed by atoms with Gasteiger partial charge in [0.15, 0.2) is 18.4 Å². The number of cyclic esters (lactones) is 1. The molecule has 15 heteroatoms. The first kappa shape index (κ1) is 47.9. The van der Waals surface area contributed by atoms with Crippen LogP contribution in [-0.4, -0.2) is 142 Å². The van der Waals surface area contributed by atoms with E-state index in [1.807, 2.05) is 49.0 Å². The van der Waals surface area contributed by atoms with Gasteiger partial charge in [0.1, 0.15) is 35.9 Å². The number of Topliss-reactive ketones (excluding diaryl/α,β-unsaturated/α-hetero) is 1. The molecule has 3 aliphatic carbocycles. The molecule has 6 aliphatic rings. The lowest BCUT2D eigenvalue weighted by molar-refractivity contribution is -0.314. The van der Waals surface area contributed by atoms with E-state index >= 15 is 4.79 Å². The summed E-state index contributed by atoms with van der Waals surface area (Å²) in [5.41, 5.74) is 3.30. The van der Waals surface area contributed by atoms with Crippen LogP contribution in [0.1, 0.15) is 85.5 Å². The maximum atomic E-state index is 15.2. The monoisotopic (exact) mass is 905 g/mol. The van der Waals surface area contributed by atoms with Crippen LogP contribution in [0.2, 0.25) is 0 Å². The highest BCUT2D eigenvalue weighted by Crippen LogP contribution is 2.57. The predicted octanol–water partition coefficient (Wildman–Crippen LogP) is 6.74. The van der Waals surface area contributed by atoms with Crippen LogP contribution in [-0.2, 0) is 47.5 Å². The number of aromatic nitrogens is 3. The number of esters is 1. The number of carbonyl (C=O) groups excluding carboxylic acids is 2. The predicted molar refractivity (Wildman–Crippen MR) is 241 cm³/mol. The highest BCUT2D eigenvalue weighted by atomic mass is 16.7. The fraction of sp³-hybridized carbons (Fsp3) is 0.720. The normalized spacial score (nSPS) is 39.0. The first-order chi connectivity index (χ1) is 31.3. The second-order valence-corrected chi connectivity index (χ2v) is 19.4. The Labute approximate surface area is 384 Å². The molecule has 0 N–H and O–H groups in total. The molecule has 4 unspecified atom stereocenters. The van der Waals surface area contributed by atoms with Gasteiger partial charge in [0.2, 0.25) is 0 Å². The molecule has 17 atom stereocenters. The molecule has 8 rings (SSSR count). The molecule has 15 nitrogen and oxygen atoms in total. The summed E-state index contributed by atoms with van der Waals surface area (Å²) in [7, 11) is 10.8. The quantitative estimate of drug-likeness (QED) is 0.207. The van der Waals surface area contributed by atoms with Crippen LogP contribution in [0.5, 0.6) is 5.75 Å². The van der Waals surface area contributed by atoms with Crippen LogP contribution in [0, 0.1) is 35.5 Å². The molecule has 0 spiro atoms. The van der Waals surface area contributed by atoms with Gasteiger partial charge in [-0.15, -0.1) is 5.10 Å². The third-order valence-corrected chi connectivity index (χ3v) is 15.5. The summed E-state index contributed by atoms with van der Waals surface area (Å²) in [6.45, 7) is 8.13. The number of methoxy groups -OCH3 is 4. The third kappa shape index (κ3) is 9.90. The summed E-state index contributed by atoms with van der Waals surface area (Å²) in [4.78, 5) is 31.4. The van der Waals surface area contributed by atoms with Crippen LogP contribution in [0.4, 0.5) is 0 Å². The summed E-state index contributed by atoms with van der Waals surface area (Å²) in [5.74, 6) is -0.522. The fourth-order valence-corrected chi connectivity index (χ4v) is 12.0.